The molecule has 2 aliphatic heterocycles. The van der Waals surface area contributed by atoms with Gasteiger partial charge in [-0.25, -0.2) is 0 Å². The van der Waals surface area contributed by atoms with Gasteiger partial charge in [-0.3, -0.25) is 14.5 Å². The minimum atomic E-state index is -0.148. The van der Waals surface area contributed by atoms with Crippen LogP contribution in [-0.4, -0.2) is 52.5 Å². The summed E-state index contributed by atoms with van der Waals surface area (Å²) in [7, 11) is 0. The maximum absolute atomic E-state index is 12.6. The number of carbonyl (C=O) groups is 2. The summed E-state index contributed by atoms with van der Waals surface area (Å²) in [6, 6.07) is 7.50. The molecule has 5 nitrogen and oxygen atoms in total. The molecule has 1 fully saturated rings. The van der Waals surface area contributed by atoms with Crippen LogP contribution in [0.5, 0.6) is 0 Å². The highest BCUT2D eigenvalue weighted by Crippen LogP contribution is 2.31. The summed E-state index contributed by atoms with van der Waals surface area (Å²) in [5.74, 6) is -0.183. The van der Waals surface area contributed by atoms with Gasteiger partial charge >= 0.3 is 0 Å². The highest BCUT2D eigenvalue weighted by atomic mass is 16.3. The molecular weight excluding hydrogens is 292 g/mol. The summed E-state index contributed by atoms with van der Waals surface area (Å²) in [6.07, 6.45) is 3.48. The van der Waals surface area contributed by atoms with E-state index in [-0.39, 0.29) is 31.0 Å². The molecule has 3 rings (SSSR count). The molecule has 1 aromatic carbocycles. The molecule has 1 aromatic rings. The Kier molecular flexibility index (Phi) is 4.48. The van der Waals surface area contributed by atoms with Gasteiger partial charge in [-0.05, 0) is 31.7 Å². The molecule has 2 amide bonds. The van der Waals surface area contributed by atoms with Crippen LogP contribution in [0.3, 0.4) is 0 Å². The fraction of sp³-hybridized carbons (Fsp3) is 0.444. The van der Waals surface area contributed by atoms with Crippen molar-refractivity contribution in [1.82, 2.24) is 9.80 Å². The molecule has 5 heteroatoms. The summed E-state index contributed by atoms with van der Waals surface area (Å²) in [4.78, 5) is 28.5. The van der Waals surface area contributed by atoms with E-state index in [0.717, 1.165) is 31.4 Å². The molecule has 0 aromatic heterocycles. The van der Waals surface area contributed by atoms with Crippen LogP contribution in [0.2, 0.25) is 0 Å². The maximum Gasteiger partial charge on any atom is 0.259 e. The lowest BCUT2D eigenvalue weighted by molar-refractivity contribution is -0.132. The Bertz CT molecular complexity index is 606. The van der Waals surface area contributed by atoms with Crippen molar-refractivity contribution in [2.24, 2.45) is 0 Å². The van der Waals surface area contributed by atoms with E-state index in [4.69, 9.17) is 5.11 Å². The fourth-order valence-corrected chi connectivity index (χ4v) is 3.52. The third-order valence-electron chi connectivity index (χ3n) is 4.73. The van der Waals surface area contributed by atoms with E-state index in [1.807, 2.05) is 23.1 Å². The molecule has 1 N–H and O–H groups in total. The van der Waals surface area contributed by atoms with Gasteiger partial charge in [-0.15, -0.1) is 0 Å². The van der Waals surface area contributed by atoms with E-state index < -0.39 is 0 Å². The van der Waals surface area contributed by atoms with E-state index in [2.05, 4.69) is 6.58 Å². The zero-order valence-corrected chi connectivity index (χ0v) is 13.2. The van der Waals surface area contributed by atoms with Crippen LogP contribution >= 0.6 is 0 Å². The molecule has 2 heterocycles. The molecule has 1 unspecified atom stereocenters. The highest BCUT2D eigenvalue weighted by molar-refractivity contribution is 6.10. The summed E-state index contributed by atoms with van der Waals surface area (Å²) < 4.78 is 0. The van der Waals surface area contributed by atoms with Crippen LogP contribution < -0.4 is 0 Å². The van der Waals surface area contributed by atoms with Crippen LogP contribution in [0.25, 0.3) is 5.70 Å². The van der Waals surface area contributed by atoms with E-state index in [0.29, 0.717) is 17.7 Å². The molecule has 0 aliphatic carbocycles. The van der Waals surface area contributed by atoms with Gasteiger partial charge < -0.3 is 10.0 Å². The van der Waals surface area contributed by atoms with Gasteiger partial charge in [-0.1, -0.05) is 24.8 Å². The molecule has 0 spiro atoms. The number of aliphatic hydroxyl groups is 1. The minimum absolute atomic E-state index is 0.0345. The molecule has 122 valence electrons. The maximum atomic E-state index is 12.6. The van der Waals surface area contributed by atoms with Gasteiger partial charge in [-0.2, -0.15) is 0 Å². The number of fused-ring (bicyclic) bond motifs is 1. The number of hydrogen-bond donors (Lipinski definition) is 1. The zero-order chi connectivity index (χ0) is 16.4. The quantitative estimate of drug-likeness (QED) is 0.902. The van der Waals surface area contributed by atoms with E-state index in [1.54, 1.807) is 6.07 Å². The Morgan fingerprint density at radius 1 is 1.30 bits per heavy atom. The first-order chi connectivity index (χ1) is 11.1. The molecule has 2 aliphatic rings. The van der Waals surface area contributed by atoms with Gasteiger partial charge in [0.05, 0.1) is 0 Å². The van der Waals surface area contributed by atoms with Crippen molar-refractivity contribution in [3.63, 3.8) is 0 Å². The average Bonchev–Trinajstić information content (AvgIpc) is 3.12. The number of likely N-dealkylation sites (tertiary alicyclic amines) is 1. The smallest absolute Gasteiger partial charge is 0.259 e. The Labute approximate surface area is 136 Å². The van der Waals surface area contributed by atoms with Crippen LogP contribution in [-0.2, 0) is 4.79 Å². The molecule has 1 saturated heterocycles. The predicted molar refractivity (Wildman–Crippen MR) is 87.6 cm³/mol. The Hall–Kier alpha value is -2.14. The van der Waals surface area contributed by atoms with Crippen molar-refractivity contribution < 1.29 is 14.7 Å². The molecule has 23 heavy (non-hydrogen) atoms. The topological polar surface area (TPSA) is 60.9 Å². The van der Waals surface area contributed by atoms with Crippen molar-refractivity contribution in [2.75, 3.05) is 19.7 Å². The highest BCUT2D eigenvalue weighted by Gasteiger charge is 2.35. The average molecular weight is 314 g/mol. The first-order valence-electron chi connectivity index (χ1n) is 8.14. The predicted octanol–water partition coefficient (Wildman–Crippen LogP) is 1.88. The second-order valence-electron chi connectivity index (χ2n) is 6.13. The normalized spacial score (nSPS) is 20.3. The summed E-state index contributed by atoms with van der Waals surface area (Å²) in [5, 5.41) is 8.98. The number of amides is 2. The van der Waals surface area contributed by atoms with E-state index >= 15 is 0 Å². The van der Waals surface area contributed by atoms with Crippen LogP contribution in [0, 0.1) is 0 Å². The van der Waals surface area contributed by atoms with Crippen LogP contribution in [0.1, 0.15) is 41.6 Å². The fourth-order valence-electron chi connectivity index (χ4n) is 3.52. The monoisotopic (exact) mass is 314 g/mol. The number of benzene rings is 1. The standard InChI is InChI=1S/C18H22N2O3/c1-13-15-8-2-3-9-16(15)18(23)20(13)12-17(22)19-10-4-6-14(19)7-5-11-21/h2-3,8-9,14,21H,1,4-7,10-12H2. The number of rotatable bonds is 5. The second-order valence-corrected chi connectivity index (χ2v) is 6.13. The summed E-state index contributed by atoms with van der Waals surface area (Å²) >= 11 is 0. The van der Waals surface area contributed by atoms with Crippen LogP contribution in [0.15, 0.2) is 30.8 Å². The second kappa shape index (κ2) is 6.54. The zero-order valence-electron chi connectivity index (χ0n) is 13.2. The van der Waals surface area contributed by atoms with Crippen molar-refractivity contribution in [3.05, 3.63) is 42.0 Å². The van der Waals surface area contributed by atoms with Gasteiger partial charge in [0, 0.05) is 36.0 Å². The van der Waals surface area contributed by atoms with Crippen LogP contribution in [0.4, 0.5) is 0 Å². The van der Waals surface area contributed by atoms with Gasteiger partial charge in [0.25, 0.3) is 5.91 Å². The first kappa shape index (κ1) is 15.7. The van der Waals surface area contributed by atoms with Gasteiger partial charge in [0.1, 0.15) is 6.54 Å². The van der Waals surface area contributed by atoms with E-state index in [1.165, 1.54) is 4.90 Å². The van der Waals surface area contributed by atoms with E-state index in [9.17, 15) is 9.59 Å². The van der Waals surface area contributed by atoms with Crippen molar-refractivity contribution in [2.45, 2.75) is 31.7 Å². The Balaban J connectivity index is 1.69. The molecule has 0 bridgehead atoms. The summed E-state index contributed by atoms with van der Waals surface area (Å²) in [6.45, 7) is 4.90. The van der Waals surface area contributed by atoms with Crippen molar-refractivity contribution in [3.8, 4) is 0 Å². The Morgan fingerprint density at radius 3 is 2.74 bits per heavy atom. The minimum Gasteiger partial charge on any atom is -0.396 e. The van der Waals surface area contributed by atoms with Crippen molar-refractivity contribution in [1.29, 1.82) is 0 Å². The SMILES string of the molecule is C=C1c2ccccc2C(=O)N1CC(=O)N1CCCC1CCCO. The molecule has 0 radical (unpaired) electrons. The largest absolute Gasteiger partial charge is 0.396 e. The lowest BCUT2D eigenvalue weighted by Gasteiger charge is -2.27. The molecule has 0 saturated carbocycles. The summed E-state index contributed by atoms with van der Waals surface area (Å²) in [5.41, 5.74) is 2.03. The van der Waals surface area contributed by atoms with Gasteiger partial charge in [0.2, 0.25) is 5.91 Å². The number of carbonyl (C=O) groups excluding carboxylic acids is 2. The molecule has 1 atom stereocenters. The third-order valence-corrected chi connectivity index (χ3v) is 4.73. The lowest BCUT2D eigenvalue weighted by atomic mass is 10.1. The lowest BCUT2D eigenvalue weighted by Crippen LogP contribution is -2.42. The van der Waals surface area contributed by atoms with Gasteiger partial charge in [0.15, 0.2) is 0 Å². The number of aliphatic hydroxyl groups excluding tert-OH is 1. The third kappa shape index (κ3) is 2.88. The first-order valence-corrected chi connectivity index (χ1v) is 8.14. The number of nitrogens with zero attached hydrogens (tertiary/aromatic N) is 2. The molecular formula is C18H22N2O3. The number of hydrogen-bond acceptors (Lipinski definition) is 3. The van der Waals surface area contributed by atoms with Crippen molar-refractivity contribution >= 4 is 17.5 Å². The Morgan fingerprint density at radius 2 is 2.04 bits per heavy atom.